The molecule has 1 saturated heterocycles. The van der Waals surface area contributed by atoms with Gasteiger partial charge in [-0.3, -0.25) is 10.1 Å². The number of ketones is 1. The van der Waals surface area contributed by atoms with Crippen LogP contribution in [-0.2, 0) is 5.41 Å². The van der Waals surface area contributed by atoms with Gasteiger partial charge in [0.25, 0.3) is 0 Å². The molecule has 0 radical (unpaired) electrons. The Morgan fingerprint density at radius 3 is 2.27 bits per heavy atom. The number of urea groups is 1. The topological polar surface area (TPSA) is 126 Å². The average Bonchev–Trinajstić information content (AvgIpc) is 3.42. The third kappa shape index (κ3) is 7.95. The first-order valence-electron chi connectivity index (χ1n) is 15.2. The predicted octanol–water partition coefficient (Wildman–Crippen LogP) is 6.74. The van der Waals surface area contributed by atoms with Crippen molar-refractivity contribution in [3.63, 3.8) is 0 Å². The van der Waals surface area contributed by atoms with Gasteiger partial charge in [0.2, 0.25) is 0 Å². The van der Waals surface area contributed by atoms with Crippen molar-refractivity contribution in [1.82, 2.24) is 15.1 Å². The van der Waals surface area contributed by atoms with Crippen LogP contribution in [0.1, 0.15) is 66.7 Å². The van der Waals surface area contributed by atoms with Crippen molar-refractivity contribution < 1.29 is 9.59 Å². The monoisotopic (exact) mass is 623 g/mol. The number of aryl methyl sites for hydroxylation is 1. The summed E-state index contributed by atoms with van der Waals surface area (Å²) in [5.74, 6) is 0.349. The molecule has 1 aromatic heterocycles. The molecule has 2 heterocycles. The zero-order valence-electron chi connectivity index (χ0n) is 26.2. The molecule has 3 aromatic carbocycles. The van der Waals surface area contributed by atoms with Gasteiger partial charge in [-0.1, -0.05) is 62.7 Å². The first-order chi connectivity index (χ1) is 21.5. The lowest BCUT2D eigenvalue weighted by Crippen LogP contribution is -2.33. The number of nitrogens with zero attached hydrogens (tertiary/aromatic N) is 2. The number of aromatic nitrogens is 2. The molecule has 5 rings (SSSR count). The van der Waals surface area contributed by atoms with Crippen LogP contribution in [0.2, 0.25) is 0 Å². The second kappa shape index (κ2) is 13.6. The molecule has 234 valence electrons. The highest BCUT2D eigenvalue weighted by atomic mass is 32.1. The minimum Gasteiger partial charge on any atom is -0.376 e. The van der Waals surface area contributed by atoms with Crippen molar-refractivity contribution in [3.8, 4) is 5.69 Å². The van der Waals surface area contributed by atoms with Crippen molar-refractivity contribution in [1.29, 1.82) is 0 Å². The van der Waals surface area contributed by atoms with Gasteiger partial charge in [-0.05, 0) is 93.0 Å². The van der Waals surface area contributed by atoms with Gasteiger partial charge in [0.15, 0.2) is 10.9 Å². The molecular formula is C35H41N7O2S. The quantitative estimate of drug-likeness (QED) is 0.109. The number of carbonyl (C=O) groups is 2. The third-order valence-electron chi connectivity index (χ3n) is 8.05. The molecule has 2 amide bonds. The normalized spacial score (nSPS) is 14.4. The number of amides is 2. The summed E-state index contributed by atoms with van der Waals surface area (Å²) in [5.41, 5.74) is 11.0. The molecular weight excluding hydrogens is 582 g/mol. The Labute approximate surface area is 270 Å². The number of thiocarbonyl (C=S) groups is 1. The minimum atomic E-state index is -0.401. The molecule has 45 heavy (non-hydrogen) atoms. The number of anilines is 3. The summed E-state index contributed by atoms with van der Waals surface area (Å²) in [6.07, 6.45) is 1.75. The highest BCUT2D eigenvalue weighted by Crippen LogP contribution is 2.36. The third-order valence-corrected chi connectivity index (χ3v) is 8.16. The fraction of sp³-hybridized carbons (Fsp3) is 0.314. The zero-order valence-corrected chi connectivity index (χ0v) is 27.0. The number of benzene rings is 3. The lowest BCUT2D eigenvalue weighted by molar-refractivity contribution is 0.0916. The van der Waals surface area contributed by atoms with Gasteiger partial charge in [0, 0.05) is 28.4 Å². The Hall–Kier alpha value is -4.54. The van der Waals surface area contributed by atoms with Gasteiger partial charge in [0.1, 0.15) is 5.82 Å². The first kappa shape index (κ1) is 31.9. The van der Waals surface area contributed by atoms with Crippen LogP contribution in [0.25, 0.3) is 5.69 Å². The average molecular weight is 624 g/mol. The number of nitrogens with one attached hydrogen (secondary N) is 4. The molecule has 6 N–H and O–H groups in total. The Balaban J connectivity index is 1.40. The van der Waals surface area contributed by atoms with E-state index in [0.29, 0.717) is 22.8 Å². The summed E-state index contributed by atoms with van der Waals surface area (Å²) < 4.78 is 1.75. The van der Waals surface area contributed by atoms with E-state index >= 15 is 0 Å². The summed E-state index contributed by atoms with van der Waals surface area (Å²) in [7, 11) is 0. The molecule has 0 aliphatic carbocycles. The second-order valence-electron chi connectivity index (χ2n) is 12.6. The molecule has 0 bridgehead atoms. The van der Waals surface area contributed by atoms with E-state index in [2.05, 4.69) is 42.0 Å². The zero-order chi connectivity index (χ0) is 32.1. The van der Waals surface area contributed by atoms with Crippen LogP contribution in [-0.4, -0.2) is 39.8 Å². The summed E-state index contributed by atoms with van der Waals surface area (Å²) in [4.78, 5) is 27.5. The van der Waals surface area contributed by atoms with Crippen molar-refractivity contribution in [2.75, 3.05) is 29.0 Å². The molecule has 9 nitrogen and oxygen atoms in total. The molecule has 1 aliphatic rings. The number of Topliss-reactive ketones (excluding diaryl/α,β-unsaturated/α-hetero) is 1. The summed E-state index contributed by atoms with van der Waals surface area (Å²) in [6.45, 7) is 9.99. The maximum Gasteiger partial charge on any atom is 0.324 e. The van der Waals surface area contributed by atoms with E-state index in [1.54, 1.807) is 10.7 Å². The Morgan fingerprint density at radius 2 is 1.60 bits per heavy atom. The lowest BCUT2D eigenvalue weighted by Gasteiger charge is -2.30. The van der Waals surface area contributed by atoms with Crippen LogP contribution in [0.15, 0.2) is 78.9 Å². The maximum absolute atomic E-state index is 14.1. The van der Waals surface area contributed by atoms with E-state index in [-0.39, 0.29) is 28.1 Å². The van der Waals surface area contributed by atoms with Crippen LogP contribution in [0.3, 0.4) is 0 Å². The van der Waals surface area contributed by atoms with E-state index in [1.165, 1.54) is 0 Å². The van der Waals surface area contributed by atoms with Crippen LogP contribution < -0.4 is 27.0 Å². The minimum absolute atomic E-state index is 0.0202. The van der Waals surface area contributed by atoms with E-state index in [1.807, 2.05) is 79.7 Å². The van der Waals surface area contributed by atoms with E-state index < -0.39 is 6.03 Å². The molecule has 1 unspecified atom stereocenters. The number of carbonyl (C=O) groups excluding carboxylic acids is 2. The molecule has 10 heteroatoms. The van der Waals surface area contributed by atoms with Crippen LogP contribution in [0.5, 0.6) is 0 Å². The first-order valence-corrected chi connectivity index (χ1v) is 15.7. The fourth-order valence-electron chi connectivity index (χ4n) is 5.70. The van der Waals surface area contributed by atoms with Crippen LogP contribution >= 0.6 is 12.2 Å². The molecule has 0 spiro atoms. The van der Waals surface area contributed by atoms with Gasteiger partial charge in [0.05, 0.1) is 17.3 Å². The van der Waals surface area contributed by atoms with Gasteiger partial charge < -0.3 is 21.7 Å². The Kier molecular flexibility index (Phi) is 9.65. The summed E-state index contributed by atoms with van der Waals surface area (Å²) in [5, 5.41) is 17.3. The summed E-state index contributed by atoms with van der Waals surface area (Å²) >= 11 is 4.99. The smallest absolute Gasteiger partial charge is 0.324 e. The predicted molar refractivity (Wildman–Crippen MR) is 186 cm³/mol. The maximum atomic E-state index is 14.1. The number of piperidine rings is 1. The van der Waals surface area contributed by atoms with Crippen molar-refractivity contribution >= 4 is 46.3 Å². The standard InChI is InChI=1S/C35H41N7O2S/c1-22-11-13-28(14-12-22)42-30(21-29(41-42)35(2,3)4)40-34(44)39-27-10-5-7-24(19-27)31(23-15-17-37-18-16-23)32(43)25-8-6-9-26(20-25)38-33(36)45/h5-14,19-21,23,31,37H,15-18H2,1-4H3,(H3,36,38,45)(H2,39,40,44). The highest BCUT2D eigenvalue weighted by molar-refractivity contribution is 7.80. The highest BCUT2D eigenvalue weighted by Gasteiger charge is 2.32. The lowest BCUT2D eigenvalue weighted by atomic mass is 9.76. The fourth-order valence-corrected chi connectivity index (χ4v) is 5.81. The van der Waals surface area contributed by atoms with E-state index in [4.69, 9.17) is 23.1 Å². The van der Waals surface area contributed by atoms with Gasteiger partial charge in [-0.2, -0.15) is 5.10 Å². The van der Waals surface area contributed by atoms with Gasteiger partial charge >= 0.3 is 6.03 Å². The number of hydrogen-bond acceptors (Lipinski definition) is 5. The van der Waals surface area contributed by atoms with E-state index in [9.17, 15) is 9.59 Å². The van der Waals surface area contributed by atoms with Crippen LogP contribution in [0, 0.1) is 12.8 Å². The SMILES string of the molecule is Cc1ccc(-n2nc(C(C)(C)C)cc2NC(=O)Nc2cccc(C(C(=O)c3cccc(NC(N)=S)c3)C3CCNCC3)c2)cc1. The molecule has 0 saturated carbocycles. The van der Waals surface area contributed by atoms with Crippen molar-refractivity contribution in [3.05, 3.63) is 101 Å². The summed E-state index contributed by atoms with van der Waals surface area (Å²) in [6, 6.07) is 24.3. The van der Waals surface area contributed by atoms with Gasteiger partial charge in [-0.15, -0.1) is 0 Å². The van der Waals surface area contributed by atoms with Crippen molar-refractivity contribution in [2.45, 2.75) is 51.9 Å². The molecule has 1 atom stereocenters. The van der Waals surface area contributed by atoms with Crippen molar-refractivity contribution in [2.24, 2.45) is 11.7 Å². The number of nitrogens with two attached hydrogens (primary N) is 1. The number of rotatable bonds is 8. The second-order valence-corrected chi connectivity index (χ2v) is 13.1. The largest absolute Gasteiger partial charge is 0.376 e. The Morgan fingerprint density at radius 1 is 0.933 bits per heavy atom. The van der Waals surface area contributed by atoms with Crippen LogP contribution in [0.4, 0.5) is 22.0 Å². The number of hydrogen-bond donors (Lipinski definition) is 5. The molecule has 1 fully saturated rings. The molecule has 4 aromatic rings. The van der Waals surface area contributed by atoms with Gasteiger partial charge in [-0.25, -0.2) is 9.48 Å². The van der Waals surface area contributed by atoms with E-state index in [0.717, 1.165) is 48.4 Å². The molecule has 1 aliphatic heterocycles. The Bertz CT molecular complexity index is 1680.